The molecule has 2 N–H and O–H groups in total. The highest BCUT2D eigenvalue weighted by molar-refractivity contribution is 6.33. The Balaban J connectivity index is 1.94. The van der Waals surface area contributed by atoms with Crippen LogP contribution < -0.4 is 10.6 Å². The van der Waals surface area contributed by atoms with Gasteiger partial charge >= 0.3 is 6.18 Å². The molecule has 0 aromatic heterocycles. The summed E-state index contributed by atoms with van der Waals surface area (Å²) in [5.41, 5.74) is -0.504. The van der Waals surface area contributed by atoms with Crippen LogP contribution in [-0.2, 0) is 6.18 Å². The Morgan fingerprint density at radius 1 is 0.833 bits per heavy atom. The van der Waals surface area contributed by atoms with Gasteiger partial charge < -0.3 is 10.6 Å². The number of benzene rings is 3. The van der Waals surface area contributed by atoms with Gasteiger partial charge in [-0.1, -0.05) is 60.1 Å². The molecule has 3 rings (SSSR count). The molecule has 0 saturated carbocycles. The molecule has 0 saturated heterocycles. The number of hydrogen-bond acceptors (Lipinski definition) is 3. The maximum absolute atomic E-state index is 13.1. The second-order valence-corrected chi connectivity index (χ2v) is 6.75. The number of amides is 1. The molecule has 4 nitrogen and oxygen atoms in total. The molecule has 0 heterocycles. The molecule has 30 heavy (non-hydrogen) atoms. The third-order valence-corrected chi connectivity index (χ3v) is 4.56. The Labute approximate surface area is 175 Å². The Bertz CT molecular complexity index is 1040. The topological polar surface area (TPSA) is 58.2 Å². The number of hydrogen-bond donors (Lipinski definition) is 2. The second kappa shape index (κ2) is 9.00. The number of ketones is 1. The second-order valence-electron chi connectivity index (χ2n) is 6.34. The summed E-state index contributed by atoms with van der Waals surface area (Å²) in [5, 5.41) is 5.15. The number of alkyl halides is 3. The van der Waals surface area contributed by atoms with Crippen LogP contribution in [0.4, 0.5) is 18.9 Å². The van der Waals surface area contributed by atoms with E-state index in [0.29, 0.717) is 5.56 Å². The standard InChI is InChI=1S/C22H16ClF3N2O2/c23-17-12-11-16(22(24,25)26)13-18(17)27-20(19(29)14-7-3-1-4-8-14)28-21(30)15-9-5-2-6-10-15/h1-13,20,27H,(H,28,30)/t20-/m0/s1. The number of rotatable bonds is 6. The number of halogens is 4. The zero-order chi connectivity index (χ0) is 21.7. The maximum atomic E-state index is 13.1. The molecule has 0 bridgehead atoms. The molecular formula is C22H16ClF3N2O2. The highest BCUT2D eigenvalue weighted by Gasteiger charge is 2.32. The van der Waals surface area contributed by atoms with Crippen LogP contribution in [0, 0.1) is 0 Å². The third kappa shape index (κ3) is 5.18. The molecule has 0 spiro atoms. The fraction of sp³-hybridized carbons (Fsp3) is 0.0909. The molecule has 8 heteroatoms. The summed E-state index contributed by atoms with van der Waals surface area (Å²) in [7, 11) is 0. The quantitative estimate of drug-likeness (QED) is 0.404. The van der Waals surface area contributed by atoms with Crippen molar-refractivity contribution in [2.75, 3.05) is 5.32 Å². The monoisotopic (exact) mass is 432 g/mol. The van der Waals surface area contributed by atoms with Gasteiger partial charge in [-0.25, -0.2) is 0 Å². The van der Waals surface area contributed by atoms with Gasteiger partial charge in [0, 0.05) is 11.1 Å². The number of carbonyl (C=O) groups is 2. The van der Waals surface area contributed by atoms with E-state index in [9.17, 15) is 22.8 Å². The van der Waals surface area contributed by atoms with Crippen molar-refractivity contribution in [2.45, 2.75) is 12.3 Å². The Morgan fingerprint density at radius 2 is 1.40 bits per heavy atom. The fourth-order valence-corrected chi connectivity index (χ4v) is 2.88. The lowest BCUT2D eigenvalue weighted by Gasteiger charge is -2.22. The number of anilines is 1. The van der Waals surface area contributed by atoms with Gasteiger partial charge in [0.25, 0.3) is 5.91 Å². The molecule has 1 amide bonds. The predicted molar refractivity (Wildman–Crippen MR) is 109 cm³/mol. The van der Waals surface area contributed by atoms with E-state index in [1.54, 1.807) is 60.7 Å². The number of Topliss-reactive ketones (excluding diaryl/α,β-unsaturated/α-hetero) is 1. The van der Waals surface area contributed by atoms with Gasteiger partial charge in [-0.2, -0.15) is 13.2 Å². The van der Waals surface area contributed by atoms with E-state index < -0.39 is 29.6 Å². The van der Waals surface area contributed by atoms with E-state index in [1.807, 2.05) is 0 Å². The van der Waals surface area contributed by atoms with Crippen LogP contribution in [0.5, 0.6) is 0 Å². The maximum Gasteiger partial charge on any atom is 0.416 e. The molecule has 3 aromatic carbocycles. The van der Waals surface area contributed by atoms with E-state index in [1.165, 1.54) is 0 Å². The molecule has 1 atom stereocenters. The first kappa shape index (κ1) is 21.4. The van der Waals surface area contributed by atoms with Gasteiger partial charge in [0.05, 0.1) is 16.3 Å². The Morgan fingerprint density at radius 3 is 1.97 bits per heavy atom. The molecule has 0 aliphatic rings. The van der Waals surface area contributed by atoms with Crippen molar-refractivity contribution in [1.82, 2.24) is 5.32 Å². The first-order valence-corrected chi connectivity index (χ1v) is 9.22. The summed E-state index contributed by atoms with van der Waals surface area (Å²) in [5.74, 6) is -1.10. The average molecular weight is 433 g/mol. The van der Waals surface area contributed by atoms with Crippen LogP contribution in [0.3, 0.4) is 0 Å². The summed E-state index contributed by atoms with van der Waals surface area (Å²) >= 11 is 6.04. The largest absolute Gasteiger partial charge is 0.416 e. The Kier molecular flexibility index (Phi) is 6.42. The van der Waals surface area contributed by atoms with Crippen molar-refractivity contribution in [3.05, 3.63) is 101 Å². The minimum absolute atomic E-state index is 0.0252. The lowest BCUT2D eigenvalue weighted by atomic mass is 10.1. The smallest absolute Gasteiger partial charge is 0.358 e. The molecule has 0 aliphatic heterocycles. The van der Waals surface area contributed by atoms with Crippen LogP contribution in [0.15, 0.2) is 78.9 Å². The SMILES string of the molecule is O=C(N[C@H](Nc1cc(C(F)(F)F)ccc1Cl)C(=O)c1ccccc1)c1ccccc1. The van der Waals surface area contributed by atoms with E-state index >= 15 is 0 Å². The molecule has 3 aromatic rings. The molecule has 0 radical (unpaired) electrons. The van der Waals surface area contributed by atoms with Crippen LogP contribution in [0.2, 0.25) is 5.02 Å². The summed E-state index contributed by atoms with van der Waals surface area (Å²) in [6, 6.07) is 18.9. The molecule has 154 valence electrons. The van der Waals surface area contributed by atoms with Crippen molar-refractivity contribution in [3.8, 4) is 0 Å². The van der Waals surface area contributed by atoms with Gasteiger partial charge in [-0.15, -0.1) is 0 Å². The average Bonchev–Trinajstić information content (AvgIpc) is 2.74. The van der Waals surface area contributed by atoms with Crippen molar-refractivity contribution in [1.29, 1.82) is 0 Å². The first-order valence-electron chi connectivity index (χ1n) is 8.84. The van der Waals surface area contributed by atoms with Gasteiger partial charge in [-0.05, 0) is 30.3 Å². The summed E-state index contributed by atoms with van der Waals surface area (Å²) in [4.78, 5) is 25.5. The fourth-order valence-electron chi connectivity index (χ4n) is 2.71. The van der Waals surface area contributed by atoms with Crippen LogP contribution >= 0.6 is 11.6 Å². The highest BCUT2D eigenvalue weighted by atomic mass is 35.5. The minimum atomic E-state index is -4.59. The third-order valence-electron chi connectivity index (χ3n) is 4.23. The molecule has 0 aliphatic carbocycles. The van der Waals surface area contributed by atoms with E-state index in [2.05, 4.69) is 10.6 Å². The van der Waals surface area contributed by atoms with Gasteiger partial charge in [0.15, 0.2) is 6.17 Å². The van der Waals surface area contributed by atoms with Gasteiger partial charge in [0.2, 0.25) is 5.78 Å². The minimum Gasteiger partial charge on any atom is -0.358 e. The predicted octanol–water partition coefficient (Wildman–Crippen LogP) is 5.41. The van der Waals surface area contributed by atoms with Crippen molar-refractivity contribution in [3.63, 3.8) is 0 Å². The Hall–Kier alpha value is -3.32. The van der Waals surface area contributed by atoms with E-state index in [4.69, 9.17) is 11.6 Å². The molecule has 0 fully saturated rings. The number of nitrogens with one attached hydrogen (secondary N) is 2. The van der Waals surface area contributed by atoms with Crippen LogP contribution in [0.1, 0.15) is 26.3 Å². The summed E-state index contributed by atoms with van der Waals surface area (Å²) < 4.78 is 39.3. The molecular weight excluding hydrogens is 417 g/mol. The molecule has 0 unspecified atom stereocenters. The van der Waals surface area contributed by atoms with Crippen molar-refractivity contribution < 1.29 is 22.8 Å². The van der Waals surface area contributed by atoms with Gasteiger partial charge in [0.1, 0.15) is 0 Å². The lowest BCUT2D eigenvalue weighted by Crippen LogP contribution is -2.46. The van der Waals surface area contributed by atoms with Crippen molar-refractivity contribution >= 4 is 29.0 Å². The highest BCUT2D eigenvalue weighted by Crippen LogP contribution is 2.34. The van der Waals surface area contributed by atoms with E-state index in [-0.39, 0.29) is 16.3 Å². The number of carbonyl (C=O) groups excluding carboxylic acids is 2. The first-order chi connectivity index (χ1) is 14.3. The zero-order valence-corrected chi connectivity index (χ0v) is 16.2. The summed E-state index contributed by atoms with van der Waals surface area (Å²) in [6.45, 7) is 0. The van der Waals surface area contributed by atoms with Crippen molar-refractivity contribution in [2.24, 2.45) is 0 Å². The van der Waals surface area contributed by atoms with Crippen LogP contribution in [0.25, 0.3) is 0 Å². The summed E-state index contributed by atoms with van der Waals surface area (Å²) in [6.07, 6.45) is -5.94. The van der Waals surface area contributed by atoms with E-state index in [0.717, 1.165) is 18.2 Å². The van der Waals surface area contributed by atoms with Crippen LogP contribution in [-0.4, -0.2) is 17.9 Å². The van der Waals surface area contributed by atoms with Gasteiger partial charge in [-0.3, -0.25) is 9.59 Å². The lowest BCUT2D eigenvalue weighted by molar-refractivity contribution is -0.137. The normalized spacial score (nSPS) is 12.1. The zero-order valence-electron chi connectivity index (χ0n) is 15.4.